The molecule has 0 fully saturated rings. The smallest absolute Gasteiger partial charge is 0.250 e. The predicted octanol–water partition coefficient (Wildman–Crippen LogP) is 0.560. The maximum absolute atomic E-state index is 12.3. The average Bonchev–Trinajstić information content (AvgIpc) is 2.56. The highest BCUT2D eigenvalue weighted by molar-refractivity contribution is 7.89. The van der Waals surface area contributed by atoms with E-state index in [4.69, 9.17) is 0 Å². The van der Waals surface area contributed by atoms with E-state index in [1.165, 1.54) is 16.8 Å². The molecule has 2 aromatic rings. The zero-order valence-electron chi connectivity index (χ0n) is 14.2. The number of hydrogen-bond donors (Lipinski definition) is 2. The molecule has 0 saturated carbocycles. The van der Waals surface area contributed by atoms with E-state index in [0.29, 0.717) is 5.56 Å². The Bertz CT molecular complexity index is 919. The van der Waals surface area contributed by atoms with Gasteiger partial charge in [0.05, 0.1) is 4.90 Å². The van der Waals surface area contributed by atoms with Crippen molar-refractivity contribution >= 4 is 15.9 Å². The first-order chi connectivity index (χ1) is 11.8. The van der Waals surface area contributed by atoms with Crippen LogP contribution in [-0.4, -0.2) is 32.0 Å². The number of sulfonamides is 1. The highest BCUT2D eigenvalue weighted by atomic mass is 32.2. The Morgan fingerprint density at radius 2 is 1.88 bits per heavy atom. The number of amides is 1. The summed E-state index contributed by atoms with van der Waals surface area (Å²) in [6, 6.07) is 9.83. The van der Waals surface area contributed by atoms with Crippen LogP contribution in [0.2, 0.25) is 0 Å². The number of nitrogens with zero attached hydrogens (tertiary/aromatic N) is 1. The lowest BCUT2D eigenvalue weighted by molar-refractivity contribution is -0.121. The van der Waals surface area contributed by atoms with Crippen molar-refractivity contribution in [3.63, 3.8) is 0 Å². The summed E-state index contributed by atoms with van der Waals surface area (Å²) < 4.78 is 28.4. The maximum Gasteiger partial charge on any atom is 0.250 e. The predicted molar refractivity (Wildman–Crippen MR) is 94.8 cm³/mol. The van der Waals surface area contributed by atoms with Crippen molar-refractivity contribution in [2.45, 2.75) is 25.3 Å². The zero-order valence-corrected chi connectivity index (χ0v) is 15.0. The van der Waals surface area contributed by atoms with Gasteiger partial charge in [-0.05, 0) is 37.1 Å². The van der Waals surface area contributed by atoms with Gasteiger partial charge in [0.15, 0.2) is 0 Å². The lowest BCUT2D eigenvalue weighted by atomic mass is 10.2. The minimum absolute atomic E-state index is 0.0607. The number of aryl methyl sites for hydroxylation is 2. The van der Waals surface area contributed by atoms with E-state index in [1.807, 2.05) is 13.0 Å². The Morgan fingerprint density at radius 3 is 2.60 bits per heavy atom. The molecule has 0 saturated heterocycles. The van der Waals surface area contributed by atoms with Crippen molar-refractivity contribution in [3.8, 4) is 0 Å². The second-order valence-corrected chi connectivity index (χ2v) is 7.42. The number of carbonyl (C=O) groups is 1. The summed E-state index contributed by atoms with van der Waals surface area (Å²) in [7, 11) is -3.63. The van der Waals surface area contributed by atoms with Gasteiger partial charge in [0.25, 0.3) is 5.56 Å². The number of pyridine rings is 1. The molecule has 0 atom stereocenters. The third kappa shape index (κ3) is 5.27. The molecule has 1 amide bonds. The van der Waals surface area contributed by atoms with E-state index in [2.05, 4.69) is 10.0 Å². The molecular formula is C17H21N3O4S. The molecular weight excluding hydrogens is 342 g/mol. The van der Waals surface area contributed by atoms with Gasteiger partial charge < -0.3 is 9.88 Å². The molecule has 2 N–H and O–H groups in total. The highest BCUT2D eigenvalue weighted by Crippen LogP contribution is 2.16. The Kier molecular flexibility index (Phi) is 6.11. The van der Waals surface area contributed by atoms with Crippen LogP contribution in [0, 0.1) is 13.8 Å². The molecule has 0 bridgehead atoms. The molecule has 0 radical (unpaired) electrons. The summed E-state index contributed by atoms with van der Waals surface area (Å²) in [5.74, 6) is -0.362. The summed E-state index contributed by atoms with van der Waals surface area (Å²) in [4.78, 5) is 23.6. The first kappa shape index (κ1) is 18.9. The van der Waals surface area contributed by atoms with E-state index in [0.717, 1.165) is 5.56 Å². The Balaban J connectivity index is 1.86. The van der Waals surface area contributed by atoms with Gasteiger partial charge in [0.1, 0.15) is 6.54 Å². The monoisotopic (exact) mass is 363 g/mol. The average molecular weight is 363 g/mol. The van der Waals surface area contributed by atoms with Crippen LogP contribution >= 0.6 is 0 Å². The molecule has 0 unspecified atom stereocenters. The van der Waals surface area contributed by atoms with Gasteiger partial charge in [0.2, 0.25) is 15.9 Å². The molecule has 1 aromatic heterocycles. The Hall–Kier alpha value is -2.45. The molecule has 1 heterocycles. The fourth-order valence-electron chi connectivity index (χ4n) is 2.26. The van der Waals surface area contributed by atoms with E-state index >= 15 is 0 Å². The fraction of sp³-hybridized carbons (Fsp3) is 0.294. The van der Waals surface area contributed by atoms with Gasteiger partial charge in [-0.1, -0.05) is 18.2 Å². The second kappa shape index (κ2) is 8.09. The standard InChI is InChI=1S/C17H21N3O4S/c1-13-6-7-14(2)15(11-13)25(23,24)19-9-8-18-16(21)12-20-10-4-3-5-17(20)22/h3-7,10-11,19H,8-9,12H2,1-2H3,(H,18,21). The van der Waals surface area contributed by atoms with Gasteiger partial charge >= 0.3 is 0 Å². The molecule has 25 heavy (non-hydrogen) atoms. The van der Waals surface area contributed by atoms with Crippen LogP contribution in [0.25, 0.3) is 0 Å². The summed E-state index contributed by atoms with van der Waals surface area (Å²) in [5, 5.41) is 2.58. The Morgan fingerprint density at radius 1 is 1.12 bits per heavy atom. The first-order valence-corrected chi connectivity index (χ1v) is 9.27. The SMILES string of the molecule is Cc1ccc(C)c(S(=O)(=O)NCCNC(=O)Cn2ccccc2=O)c1. The quantitative estimate of drug-likeness (QED) is 0.703. The van der Waals surface area contributed by atoms with Crippen LogP contribution in [0.5, 0.6) is 0 Å². The van der Waals surface area contributed by atoms with Gasteiger partial charge in [-0.25, -0.2) is 13.1 Å². The van der Waals surface area contributed by atoms with Crippen molar-refractivity contribution in [2.75, 3.05) is 13.1 Å². The minimum Gasteiger partial charge on any atom is -0.353 e. The summed E-state index contributed by atoms with van der Waals surface area (Å²) >= 11 is 0. The van der Waals surface area contributed by atoms with Crippen LogP contribution in [-0.2, 0) is 21.4 Å². The van der Waals surface area contributed by atoms with Crippen LogP contribution in [0.15, 0.2) is 52.3 Å². The fourth-order valence-corrected chi connectivity index (χ4v) is 3.62. The Labute approximate surface area is 146 Å². The number of carbonyl (C=O) groups excluding carboxylic acids is 1. The molecule has 2 rings (SSSR count). The van der Waals surface area contributed by atoms with Crippen LogP contribution in [0.4, 0.5) is 0 Å². The zero-order chi connectivity index (χ0) is 18.4. The topological polar surface area (TPSA) is 97.3 Å². The maximum atomic E-state index is 12.3. The lowest BCUT2D eigenvalue weighted by Crippen LogP contribution is -2.37. The van der Waals surface area contributed by atoms with Crippen molar-refractivity contribution in [2.24, 2.45) is 0 Å². The highest BCUT2D eigenvalue weighted by Gasteiger charge is 2.16. The largest absolute Gasteiger partial charge is 0.353 e. The number of rotatable bonds is 7. The van der Waals surface area contributed by atoms with Crippen LogP contribution in [0.1, 0.15) is 11.1 Å². The molecule has 1 aromatic carbocycles. The minimum atomic E-state index is -3.63. The molecule has 8 heteroatoms. The summed E-state index contributed by atoms with van der Waals surface area (Å²) in [6.45, 7) is 3.64. The van der Waals surface area contributed by atoms with Gasteiger partial charge in [-0.3, -0.25) is 9.59 Å². The number of aromatic nitrogens is 1. The van der Waals surface area contributed by atoms with Gasteiger partial charge in [0, 0.05) is 25.4 Å². The third-order valence-corrected chi connectivity index (χ3v) is 5.19. The third-order valence-electron chi connectivity index (χ3n) is 3.59. The molecule has 0 aliphatic heterocycles. The normalized spacial score (nSPS) is 11.3. The number of benzene rings is 1. The molecule has 7 nitrogen and oxygen atoms in total. The summed E-state index contributed by atoms with van der Waals surface area (Å²) in [5.41, 5.74) is 1.24. The van der Waals surface area contributed by atoms with Crippen LogP contribution in [0.3, 0.4) is 0 Å². The first-order valence-electron chi connectivity index (χ1n) is 7.79. The molecule has 0 spiro atoms. The van der Waals surface area contributed by atoms with Crippen molar-refractivity contribution in [1.29, 1.82) is 0 Å². The van der Waals surface area contributed by atoms with Crippen molar-refractivity contribution in [1.82, 2.24) is 14.6 Å². The van der Waals surface area contributed by atoms with Gasteiger partial charge in [-0.2, -0.15) is 0 Å². The number of hydrogen-bond acceptors (Lipinski definition) is 4. The second-order valence-electron chi connectivity index (χ2n) is 5.68. The van der Waals surface area contributed by atoms with E-state index in [1.54, 1.807) is 31.2 Å². The molecule has 0 aliphatic rings. The van der Waals surface area contributed by atoms with E-state index in [9.17, 15) is 18.0 Å². The number of nitrogens with one attached hydrogen (secondary N) is 2. The van der Waals surface area contributed by atoms with E-state index < -0.39 is 10.0 Å². The van der Waals surface area contributed by atoms with Gasteiger partial charge in [-0.15, -0.1) is 0 Å². The van der Waals surface area contributed by atoms with E-state index in [-0.39, 0.29) is 36.0 Å². The molecule has 0 aliphatic carbocycles. The summed E-state index contributed by atoms with van der Waals surface area (Å²) in [6.07, 6.45) is 1.52. The van der Waals surface area contributed by atoms with Crippen molar-refractivity contribution < 1.29 is 13.2 Å². The molecule has 134 valence electrons. The van der Waals surface area contributed by atoms with Crippen molar-refractivity contribution in [3.05, 3.63) is 64.1 Å². The lowest BCUT2D eigenvalue weighted by Gasteiger charge is -2.11. The van der Waals surface area contributed by atoms with Crippen LogP contribution < -0.4 is 15.6 Å².